The van der Waals surface area contributed by atoms with Gasteiger partial charge in [0.15, 0.2) is 0 Å². The molecule has 11 heteroatoms. The normalized spacial score (nSPS) is 16.9. The van der Waals surface area contributed by atoms with E-state index in [-0.39, 0.29) is 17.4 Å². The number of fused-ring (bicyclic) bond motifs is 1. The molecule has 9 nitrogen and oxygen atoms in total. The lowest BCUT2D eigenvalue weighted by atomic mass is 9.99. The van der Waals surface area contributed by atoms with Gasteiger partial charge in [-0.1, -0.05) is 0 Å². The molecule has 2 saturated heterocycles. The van der Waals surface area contributed by atoms with Gasteiger partial charge in [-0.3, -0.25) is 19.8 Å². The predicted octanol–water partition coefficient (Wildman–Crippen LogP) is 3.25. The first-order chi connectivity index (χ1) is 19.3. The van der Waals surface area contributed by atoms with Crippen molar-refractivity contribution < 1.29 is 18.3 Å². The van der Waals surface area contributed by atoms with Crippen LogP contribution in [0.15, 0.2) is 42.6 Å². The molecule has 0 atom stereocenters. The van der Waals surface area contributed by atoms with Crippen LogP contribution in [-0.2, 0) is 11.3 Å². The zero-order chi connectivity index (χ0) is 28.0. The Morgan fingerprint density at radius 2 is 1.82 bits per heavy atom. The number of ether oxygens (including phenoxy) is 1. The fourth-order valence-electron chi connectivity index (χ4n) is 5.48. The van der Waals surface area contributed by atoms with Gasteiger partial charge in [0.05, 0.1) is 29.1 Å². The van der Waals surface area contributed by atoms with Crippen LogP contribution in [0.25, 0.3) is 33.4 Å². The summed E-state index contributed by atoms with van der Waals surface area (Å²) in [4.78, 5) is 23.3. The smallest absolute Gasteiger partial charge is 0.249 e. The summed E-state index contributed by atoms with van der Waals surface area (Å²) in [6.07, 6.45) is 1.65. The molecule has 0 unspecified atom stereocenters. The lowest BCUT2D eigenvalue weighted by Gasteiger charge is -2.38. The number of carbonyl (C=O) groups is 1. The van der Waals surface area contributed by atoms with Crippen LogP contribution in [0.1, 0.15) is 15.9 Å². The number of aromatic nitrogens is 3. The van der Waals surface area contributed by atoms with Gasteiger partial charge >= 0.3 is 0 Å². The maximum absolute atomic E-state index is 15.3. The number of likely N-dealkylation sites (tertiary alicyclic amines) is 1. The molecule has 0 saturated carbocycles. The highest BCUT2D eigenvalue weighted by Crippen LogP contribution is 2.35. The molecule has 0 radical (unpaired) electrons. The number of primary amides is 1. The Balaban J connectivity index is 1.36. The molecule has 0 aliphatic carbocycles. The second-order valence-electron chi connectivity index (χ2n) is 10.6. The summed E-state index contributed by atoms with van der Waals surface area (Å²) in [6, 6.07) is 9.80. The quantitative estimate of drug-likeness (QED) is 0.366. The molecule has 1 amide bonds. The van der Waals surface area contributed by atoms with Gasteiger partial charge in [0.2, 0.25) is 5.91 Å². The third-order valence-electron chi connectivity index (χ3n) is 7.86. The Bertz CT molecular complexity index is 1550. The number of amides is 1. The van der Waals surface area contributed by atoms with Gasteiger partial charge < -0.3 is 20.3 Å². The first-order valence-corrected chi connectivity index (χ1v) is 13.3. The molecule has 3 N–H and O–H groups in total. The number of halogens is 2. The molecule has 2 aliphatic heterocycles. The second-order valence-corrected chi connectivity index (χ2v) is 10.6. The number of rotatable bonds is 7. The number of pyridine rings is 1. The molecule has 2 aromatic heterocycles. The van der Waals surface area contributed by atoms with E-state index in [0.717, 1.165) is 45.0 Å². The molecular weight excluding hydrogens is 516 g/mol. The lowest BCUT2D eigenvalue weighted by molar-refractivity contribution is -0.0334. The van der Waals surface area contributed by atoms with Crippen molar-refractivity contribution >= 4 is 22.5 Å². The van der Waals surface area contributed by atoms with Crippen LogP contribution >= 0.6 is 0 Å². The summed E-state index contributed by atoms with van der Waals surface area (Å²) in [5.41, 5.74) is 9.05. The summed E-state index contributed by atoms with van der Waals surface area (Å²) in [5, 5.41) is 7.97. The summed E-state index contributed by atoms with van der Waals surface area (Å²) < 4.78 is 35.9. The van der Waals surface area contributed by atoms with Crippen molar-refractivity contribution in [3.8, 4) is 22.5 Å². The van der Waals surface area contributed by atoms with E-state index in [0.29, 0.717) is 39.8 Å². The minimum atomic E-state index is -0.689. The zero-order valence-electron chi connectivity index (χ0n) is 22.5. The molecule has 2 aromatic carbocycles. The SMILES string of the molecule is COC1CN(Cc2cc(F)c(-c3cc4c(-c5cc(N6CCN(C)CC6)ccc5C(N)=O)n[nH]c4cn3)c(F)c2)C1. The van der Waals surface area contributed by atoms with Gasteiger partial charge in [-0.25, -0.2) is 8.78 Å². The van der Waals surface area contributed by atoms with E-state index in [1.54, 1.807) is 19.2 Å². The fraction of sp³-hybridized carbons (Fsp3) is 0.345. The van der Waals surface area contributed by atoms with E-state index >= 15 is 8.78 Å². The monoisotopic (exact) mass is 547 g/mol. The van der Waals surface area contributed by atoms with Crippen LogP contribution < -0.4 is 10.6 Å². The van der Waals surface area contributed by atoms with Crippen LogP contribution in [0.4, 0.5) is 14.5 Å². The Hall–Kier alpha value is -3.93. The van der Waals surface area contributed by atoms with Crippen molar-refractivity contribution in [1.29, 1.82) is 0 Å². The molecule has 2 aliphatic rings. The van der Waals surface area contributed by atoms with Gasteiger partial charge in [0.1, 0.15) is 17.3 Å². The highest BCUT2D eigenvalue weighted by atomic mass is 19.1. The number of nitrogens with two attached hydrogens (primary N) is 1. The molecule has 0 spiro atoms. The van der Waals surface area contributed by atoms with Crippen molar-refractivity contribution in [3.63, 3.8) is 0 Å². The average Bonchev–Trinajstić information content (AvgIpc) is 3.33. The molecule has 208 valence electrons. The molecule has 2 fully saturated rings. The van der Waals surface area contributed by atoms with Crippen molar-refractivity contribution in [2.45, 2.75) is 12.6 Å². The van der Waals surface area contributed by atoms with Gasteiger partial charge in [-0.05, 0) is 49.0 Å². The van der Waals surface area contributed by atoms with Gasteiger partial charge in [-0.15, -0.1) is 0 Å². The third-order valence-corrected chi connectivity index (χ3v) is 7.86. The van der Waals surface area contributed by atoms with E-state index in [1.807, 2.05) is 12.1 Å². The van der Waals surface area contributed by atoms with Crippen LogP contribution in [-0.4, -0.2) is 90.4 Å². The molecule has 40 heavy (non-hydrogen) atoms. The highest BCUT2D eigenvalue weighted by molar-refractivity contribution is 6.05. The fourth-order valence-corrected chi connectivity index (χ4v) is 5.48. The topological polar surface area (TPSA) is 104 Å². The van der Waals surface area contributed by atoms with E-state index in [4.69, 9.17) is 10.5 Å². The van der Waals surface area contributed by atoms with Crippen molar-refractivity contribution in [2.24, 2.45) is 5.73 Å². The number of H-pyrrole nitrogens is 1. The number of benzene rings is 2. The maximum atomic E-state index is 15.3. The summed E-state index contributed by atoms with van der Waals surface area (Å²) in [7, 11) is 3.74. The number of aromatic amines is 1. The Morgan fingerprint density at radius 3 is 2.50 bits per heavy atom. The molecule has 4 heterocycles. The number of hydrogen-bond acceptors (Lipinski definition) is 7. The van der Waals surface area contributed by atoms with Crippen molar-refractivity contribution in [2.75, 3.05) is 58.3 Å². The lowest BCUT2D eigenvalue weighted by Crippen LogP contribution is -2.50. The van der Waals surface area contributed by atoms with Gasteiger partial charge in [-0.2, -0.15) is 5.10 Å². The standard InChI is InChI=1S/C29H31F2N7O2/c1-36-5-7-38(8-6-36)18-3-4-20(29(32)39)21(11-18)28-22-12-25(33-13-26(22)34-35-28)27-23(30)9-17(10-24(27)31)14-37-15-19(16-37)40-2/h3-4,9-13,19H,5-8,14-16H2,1-2H3,(H2,32,39)(H,34,35). The average molecular weight is 548 g/mol. The Labute approximate surface area is 230 Å². The highest BCUT2D eigenvalue weighted by Gasteiger charge is 2.27. The summed E-state index contributed by atoms with van der Waals surface area (Å²) in [5.74, 6) is -1.96. The number of methoxy groups -OCH3 is 1. The van der Waals surface area contributed by atoms with Crippen LogP contribution in [0.3, 0.4) is 0 Å². The minimum absolute atomic E-state index is 0.135. The second kappa shape index (κ2) is 10.6. The Morgan fingerprint density at radius 1 is 1.10 bits per heavy atom. The van der Waals surface area contributed by atoms with Crippen molar-refractivity contribution in [3.05, 3.63) is 65.4 Å². The van der Waals surface area contributed by atoms with Gasteiger partial charge in [0.25, 0.3) is 0 Å². The predicted molar refractivity (Wildman–Crippen MR) is 149 cm³/mol. The molecule has 4 aromatic rings. The number of hydrogen-bond donors (Lipinski definition) is 2. The number of piperazine rings is 1. The zero-order valence-corrected chi connectivity index (χ0v) is 22.5. The van der Waals surface area contributed by atoms with E-state index in [1.165, 1.54) is 18.3 Å². The molecule has 0 bridgehead atoms. The van der Waals surface area contributed by atoms with Crippen molar-refractivity contribution in [1.82, 2.24) is 25.0 Å². The van der Waals surface area contributed by atoms with E-state index in [2.05, 4.69) is 36.9 Å². The first-order valence-electron chi connectivity index (χ1n) is 13.3. The first kappa shape index (κ1) is 26.3. The third kappa shape index (κ3) is 4.91. The largest absolute Gasteiger partial charge is 0.379 e. The summed E-state index contributed by atoms with van der Waals surface area (Å²) in [6.45, 7) is 5.44. The van der Waals surface area contributed by atoms with E-state index < -0.39 is 17.5 Å². The number of nitrogens with one attached hydrogen (secondary N) is 1. The Kier molecular flexibility index (Phi) is 6.95. The van der Waals surface area contributed by atoms with E-state index in [9.17, 15) is 4.79 Å². The van der Waals surface area contributed by atoms with Crippen LogP contribution in [0.2, 0.25) is 0 Å². The number of nitrogens with zero attached hydrogens (tertiary/aromatic N) is 5. The maximum Gasteiger partial charge on any atom is 0.249 e. The number of likely N-dealkylation sites (N-methyl/N-ethyl adjacent to an activating group) is 1. The summed E-state index contributed by atoms with van der Waals surface area (Å²) >= 11 is 0. The van der Waals surface area contributed by atoms with Crippen LogP contribution in [0.5, 0.6) is 0 Å². The minimum Gasteiger partial charge on any atom is -0.379 e. The molecular formula is C29H31F2N7O2. The van der Waals surface area contributed by atoms with Gasteiger partial charge in [0, 0.05) is 75.1 Å². The van der Waals surface area contributed by atoms with Crippen LogP contribution in [0, 0.1) is 11.6 Å². The molecule has 6 rings (SSSR count). The number of carbonyl (C=O) groups excluding carboxylic acids is 1. The number of anilines is 1.